The molecule has 0 bridgehead atoms. The number of anilines is 1. The first-order chi connectivity index (χ1) is 7.66. The van der Waals surface area contributed by atoms with Crippen molar-refractivity contribution in [3.63, 3.8) is 0 Å². The number of aromatic nitrogens is 2. The van der Waals surface area contributed by atoms with Crippen molar-refractivity contribution >= 4 is 17.4 Å². The molecule has 0 saturated heterocycles. The lowest BCUT2D eigenvalue weighted by Gasteiger charge is -2.05. The van der Waals surface area contributed by atoms with Gasteiger partial charge in [0.1, 0.15) is 11.4 Å². The Hall–Kier alpha value is -1.49. The van der Waals surface area contributed by atoms with Crippen molar-refractivity contribution in [3.05, 3.63) is 35.2 Å². The Kier molecular flexibility index (Phi) is 3.14. The highest BCUT2D eigenvalue weighted by molar-refractivity contribution is 7.98. The molecule has 5 heteroatoms. The Morgan fingerprint density at radius 1 is 1.31 bits per heavy atom. The summed E-state index contributed by atoms with van der Waals surface area (Å²) in [5.41, 5.74) is 9.58. The summed E-state index contributed by atoms with van der Waals surface area (Å²) in [6.45, 7) is 3.93. The smallest absolute Gasteiger partial charge is 0.118 e. The van der Waals surface area contributed by atoms with Crippen LogP contribution in [0.1, 0.15) is 17.0 Å². The molecule has 4 nitrogen and oxygen atoms in total. The normalized spacial score (nSPS) is 10.6. The summed E-state index contributed by atoms with van der Waals surface area (Å²) in [6, 6.07) is 6.00. The standard InChI is InChI=1S/C11H13N3OS/c1-7-3-4-9(12)11(5-7)16-6-10-8(2)13-15-14-10/h3-5H,6,12H2,1-2H3. The van der Waals surface area contributed by atoms with E-state index in [1.807, 2.05) is 26.0 Å². The third kappa shape index (κ3) is 2.36. The van der Waals surface area contributed by atoms with Gasteiger partial charge in [0.25, 0.3) is 0 Å². The molecule has 0 aliphatic heterocycles. The molecule has 0 amide bonds. The zero-order chi connectivity index (χ0) is 11.5. The zero-order valence-corrected chi connectivity index (χ0v) is 10.0. The van der Waals surface area contributed by atoms with Crippen LogP contribution in [-0.4, -0.2) is 10.3 Å². The molecule has 16 heavy (non-hydrogen) atoms. The summed E-state index contributed by atoms with van der Waals surface area (Å²) in [6.07, 6.45) is 0. The second kappa shape index (κ2) is 4.57. The topological polar surface area (TPSA) is 64.9 Å². The van der Waals surface area contributed by atoms with Crippen LogP contribution in [0.3, 0.4) is 0 Å². The Morgan fingerprint density at radius 3 is 2.81 bits per heavy atom. The van der Waals surface area contributed by atoms with Crippen molar-refractivity contribution in [2.45, 2.75) is 24.5 Å². The lowest BCUT2D eigenvalue weighted by atomic mass is 10.2. The fourth-order valence-electron chi connectivity index (χ4n) is 1.29. The molecule has 0 fully saturated rings. The van der Waals surface area contributed by atoms with E-state index in [0.29, 0.717) is 0 Å². The third-order valence-corrected chi connectivity index (χ3v) is 3.36. The Morgan fingerprint density at radius 2 is 2.12 bits per heavy atom. The van der Waals surface area contributed by atoms with Crippen molar-refractivity contribution < 1.29 is 4.63 Å². The maximum absolute atomic E-state index is 5.89. The summed E-state index contributed by atoms with van der Waals surface area (Å²) in [4.78, 5) is 1.07. The highest BCUT2D eigenvalue weighted by Gasteiger charge is 2.07. The predicted octanol–water partition coefficient (Wildman–Crippen LogP) is 2.56. The molecule has 1 heterocycles. The van der Waals surface area contributed by atoms with E-state index in [1.54, 1.807) is 11.8 Å². The van der Waals surface area contributed by atoms with Gasteiger partial charge in [0, 0.05) is 16.3 Å². The van der Waals surface area contributed by atoms with Gasteiger partial charge in [0.2, 0.25) is 0 Å². The first-order valence-corrected chi connectivity index (χ1v) is 5.92. The van der Waals surface area contributed by atoms with Gasteiger partial charge in [-0.25, -0.2) is 4.63 Å². The van der Waals surface area contributed by atoms with Crippen LogP contribution in [0.4, 0.5) is 5.69 Å². The molecule has 0 saturated carbocycles. The summed E-state index contributed by atoms with van der Waals surface area (Å²) in [5.74, 6) is 0.725. The molecule has 2 aromatic rings. The Balaban J connectivity index is 2.10. The van der Waals surface area contributed by atoms with Crippen LogP contribution in [-0.2, 0) is 5.75 Å². The highest BCUT2D eigenvalue weighted by Crippen LogP contribution is 2.28. The molecular formula is C11H13N3OS. The molecule has 2 N–H and O–H groups in total. The average Bonchev–Trinajstić information content (AvgIpc) is 2.66. The Bertz CT molecular complexity index is 496. The van der Waals surface area contributed by atoms with E-state index in [4.69, 9.17) is 5.73 Å². The highest BCUT2D eigenvalue weighted by atomic mass is 32.2. The zero-order valence-electron chi connectivity index (χ0n) is 9.23. The fourth-order valence-corrected chi connectivity index (χ4v) is 2.35. The molecular weight excluding hydrogens is 222 g/mol. The number of thioether (sulfide) groups is 1. The quantitative estimate of drug-likeness (QED) is 0.654. The number of benzene rings is 1. The minimum Gasteiger partial charge on any atom is -0.398 e. The van der Waals surface area contributed by atoms with Crippen LogP contribution in [0.15, 0.2) is 27.7 Å². The second-order valence-electron chi connectivity index (χ2n) is 3.63. The van der Waals surface area contributed by atoms with Gasteiger partial charge in [0.15, 0.2) is 0 Å². The van der Waals surface area contributed by atoms with E-state index in [1.165, 1.54) is 5.56 Å². The van der Waals surface area contributed by atoms with Gasteiger partial charge in [0.05, 0.1) is 0 Å². The molecule has 84 valence electrons. The van der Waals surface area contributed by atoms with Gasteiger partial charge in [-0.15, -0.1) is 11.8 Å². The second-order valence-corrected chi connectivity index (χ2v) is 4.64. The summed E-state index contributed by atoms with van der Waals surface area (Å²) < 4.78 is 4.64. The SMILES string of the molecule is Cc1ccc(N)c(SCc2nonc2C)c1. The number of aryl methyl sites for hydroxylation is 2. The van der Waals surface area contributed by atoms with E-state index in [2.05, 4.69) is 21.0 Å². The van der Waals surface area contributed by atoms with Gasteiger partial charge < -0.3 is 5.73 Å². The van der Waals surface area contributed by atoms with Gasteiger partial charge in [-0.2, -0.15) is 0 Å². The van der Waals surface area contributed by atoms with Crippen LogP contribution in [0, 0.1) is 13.8 Å². The first-order valence-electron chi connectivity index (χ1n) is 4.94. The minimum atomic E-state index is 0.725. The lowest BCUT2D eigenvalue weighted by molar-refractivity contribution is 0.302. The van der Waals surface area contributed by atoms with Crippen molar-refractivity contribution in [1.29, 1.82) is 0 Å². The first kappa shape index (κ1) is 11.0. The lowest BCUT2D eigenvalue weighted by Crippen LogP contribution is -1.91. The van der Waals surface area contributed by atoms with Crippen LogP contribution < -0.4 is 5.73 Å². The maximum atomic E-state index is 5.89. The monoisotopic (exact) mass is 235 g/mol. The summed E-state index contributed by atoms with van der Waals surface area (Å²) in [5, 5.41) is 7.57. The molecule has 1 aromatic heterocycles. The molecule has 0 unspecified atom stereocenters. The van der Waals surface area contributed by atoms with E-state index < -0.39 is 0 Å². The van der Waals surface area contributed by atoms with E-state index in [9.17, 15) is 0 Å². The molecule has 0 aliphatic carbocycles. The minimum absolute atomic E-state index is 0.725. The van der Waals surface area contributed by atoms with Gasteiger partial charge >= 0.3 is 0 Å². The van der Waals surface area contributed by atoms with Crippen LogP contribution in [0.25, 0.3) is 0 Å². The molecule has 0 atom stereocenters. The van der Waals surface area contributed by atoms with Crippen LogP contribution >= 0.6 is 11.8 Å². The number of nitrogens with two attached hydrogens (primary N) is 1. The maximum Gasteiger partial charge on any atom is 0.118 e. The van der Waals surface area contributed by atoms with Crippen LogP contribution in [0.2, 0.25) is 0 Å². The van der Waals surface area contributed by atoms with Crippen LogP contribution in [0.5, 0.6) is 0 Å². The third-order valence-electron chi connectivity index (χ3n) is 2.28. The molecule has 1 aromatic carbocycles. The van der Waals surface area contributed by atoms with Crippen molar-refractivity contribution in [1.82, 2.24) is 10.3 Å². The molecule has 2 rings (SSSR count). The van der Waals surface area contributed by atoms with E-state index in [0.717, 1.165) is 27.7 Å². The van der Waals surface area contributed by atoms with E-state index >= 15 is 0 Å². The molecule has 0 spiro atoms. The van der Waals surface area contributed by atoms with Crippen molar-refractivity contribution in [2.75, 3.05) is 5.73 Å². The number of hydrogen-bond acceptors (Lipinski definition) is 5. The largest absolute Gasteiger partial charge is 0.398 e. The van der Waals surface area contributed by atoms with Crippen molar-refractivity contribution in [2.24, 2.45) is 0 Å². The van der Waals surface area contributed by atoms with Crippen molar-refractivity contribution in [3.8, 4) is 0 Å². The average molecular weight is 235 g/mol. The summed E-state index contributed by atoms with van der Waals surface area (Å²) in [7, 11) is 0. The number of hydrogen-bond donors (Lipinski definition) is 1. The predicted molar refractivity (Wildman–Crippen MR) is 64.2 cm³/mol. The van der Waals surface area contributed by atoms with Gasteiger partial charge in [-0.1, -0.05) is 16.4 Å². The van der Waals surface area contributed by atoms with Gasteiger partial charge in [-0.3, -0.25) is 0 Å². The summed E-state index contributed by atoms with van der Waals surface area (Å²) >= 11 is 1.65. The van der Waals surface area contributed by atoms with Gasteiger partial charge in [-0.05, 0) is 31.5 Å². The number of nitrogens with zero attached hydrogens (tertiary/aromatic N) is 2. The number of rotatable bonds is 3. The molecule has 0 radical (unpaired) electrons. The Labute approximate surface area is 98.2 Å². The van der Waals surface area contributed by atoms with E-state index in [-0.39, 0.29) is 0 Å². The fraction of sp³-hybridized carbons (Fsp3) is 0.273. The number of nitrogen functional groups attached to an aromatic ring is 1. The molecule has 0 aliphatic rings.